The number of benzene rings is 4. The molecule has 0 bridgehead atoms. The standard InChI is InChI=1S/C26H17Br2FN2O/c27-18-12-20-24-14-23(17-10-9-15-5-1-2-6-16(15)11-17)30-31(24)26(32-25(20)21(28)13-18)19-7-3-4-8-22(19)29/h1-13,24,26H,14H2/t24-,26+/m0/s1. The lowest BCUT2D eigenvalue weighted by atomic mass is 9.95. The molecule has 0 fully saturated rings. The molecule has 0 saturated carbocycles. The van der Waals surface area contributed by atoms with Gasteiger partial charge in [0.05, 0.1) is 21.8 Å². The summed E-state index contributed by atoms with van der Waals surface area (Å²) in [5, 5.41) is 9.24. The van der Waals surface area contributed by atoms with Gasteiger partial charge >= 0.3 is 0 Å². The number of rotatable bonds is 2. The number of hydrazone groups is 1. The molecule has 6 rings (SSSR count). The molecule has 2 aliphatic heterocycles. The number of fused-ring (bicyclic) bond motifs is 4. The van der Waals surface area contributed by atoms with Crippen LogP contribution in [0.15, 0.2) is 92.9 Å². The highest BCUT2D eigenvalue weighted by Crippen LogP contribution is 2.51. The molecule has 2 atom stereocenters. The third-order valence-electron chi connectivity index (χ3n) is 6.06. The van der Waals surface area contributed by atoms with Crippen LogP contribution in [-0.4, -0.2) is 10.7 Å². The first-order valence-corrected chi connectivity index (χ1v) is 11.9. The highest BCUT2D eigenvalue weighted by molar-refractivity contribution is 9.11. The van der Waals surface area contributed by atoms with Gasteiger partial charge in [0, 0.05) is 16.5 Å². The Labute approximate surface area is 201 Å². The van der Waals surface area contributed by atoms with Gasteiger partial charge in [0.2, 0.25) is 6.23 Å². The van der Waals surface area contributed by atoms with E-state index in [0.717, 1.165) is 31.5 Å². The van der Waals surface area contributed by atoms with E-state index in [1.54, 1.807) is 12.1 Å². The van der Waals surface area contributed by atoms with Crippen molar-refractivity contribution in [2.45, 2.75) is 18.7 Å². The molecule has 2 aliphatic rings. The van der Waals surface area contributed by atoms with Crippen molar-refractivity contribution >= 4 is 48.3 Å². The highest BCUT2D eigenvalue weighted by Gasteiger charge is 2.42. The van der Waals surface area contributed by atoms with Crippen LogP contribution in [0.5, 0.6) is 5.75 Å². The molecule has 0 N–H and O–H groups in total. The average Bonchev–Trinajstić information content (AvgIpc) is 3.25. The fourth-order valence-corrected chi connectivity index (χ4v) is 5.89. The molecule has 158 valence electrons. The zero-order chi connectivity index (χ0) is 21.8. The molecule has 0 unspecified atom stereocenters. The van der Waals surface area contributed by atoms with Crippen molar-refractivity contribution in [2.24, 2.45) is 5.10 Å². The van der Waals surface area contributed by atoms with Gasteiger partial charge in [0.15, 0.2) is 0 Å². The zero-order valence-electron chi connectivity index (χ0n) is 16.8. The maximum Gasteiger partial charge on any atom is 0.216 e. The van der Waals surface area contributed by atoms with Crippen LogP contribution in [0.25, 0.3) is 10.8 Å². The van der Waals surface area contributed by atoms with Crippen LogP contribution in [0, 0.1) is 5.82 Å². The van der Waals surface area contributed by atoms with E-state index in [1.165, 1.54) is 16.8 Å². The Morgan fingerprint density at radius 3 is 2.50 bits per heavy atom. The summed E-state index contributed by atoms with van der Waals surface area (Å²) in [4.78, 5) is 0. The van der Waals surface area contributed by atoms with Crippen molar-refractivity contribution < 1.29 is 9.13 Å². The highest BCUT2D eigenvalue weighted by atomic mass is 79.9. The van der Waals surface area contributed by atoms with Crippen molar-refractivity contribution in [3.63, 3.8) is 0 Å². The minimum Gasteiger partial charge on any atom is -0.463 e. The van der Waals surface area contributed by atoms with E-state index in [9.17, 15) is 4.39 Å². The van der Waals surface area contributed by atoms with Crippen LogP contribution in [0.2, 0.25) is 0 Å². The lowest BCUT2D eigenvalue weighted by Crippen LogP contribution is -2.34. The third kappa shape index (κ3) is 3.24. The Balaban J connectivity index is 1.49. The molecule has 0 amide bonds. The topological polar surface area (TPSA) is 24.8 Å². The Morgan fingerprint density at radius 2 is 1.66 bits per heavy atom. The molecule has 0 aromatic heterocycles. The van der Waals surface area contributed by atoms with Gasteiger partial charge in [0.25, 0.3) is 0 Å². The van der Waals surface area contributed by atoms with Crippen LogP contribution < -0.4 is 4.74 Å². The quantitative estimate of drug-likeness (QED) is 0.254. The van der Waals surface area contributed by atoms with Crippen LogP contribution >= 0.6 is 31.9 Å². The zero-order valence-corrected chi connectivity index (χ0v) is 20.0. The fraction of sp³-hybridized carbons (Fsp3) is 0.115. The predicted molar refractivity (Wildman–Crippen MR) is 131 cm³/mol. The van der Waals surface area contributed by atoms with E-state index in [4.69, 9.17) is 9.84 Å². The molecule has 0 spiro atoms. The molecular weight excluding hydrogens is 535 g/mol. The average molecular weight is 552 g/mol. The van der Waals surface area contributed by atoms with Crippen molar-refractivity contribution in [1.82, 2.24) is 5.01 Å². The lowest BCUT2D eigenvalue weighted by Gasteiger charge is -2.38. The van der Waals surface area contributed by atoms with Gasteiger partial charge in [-0.25, -0.2) is 9.40 Å². The summed E-state index contributed by atoms with van der Waals surface area (Å²) < 4.78 is 22.9. The van der Waals surface area contributed by atoms with Gasteiger partial charge in [-0.15, -0.1) is 0 Å². The van der Waals surface area contributed by atoms with Crippen LogP contribution in [0.4, 0.5) is 4.39 Å². The largest absolute Gasteiger partial charge is 0.463 e. The molecule has 3 nitrogen and oxygen atoms in total. The summed E-state index contributed by atoms with van der Waals surface area (Å²) in [6, 6.07) is 25.4. The molecule has 4 aromatic carbocycles. The second-order valence-electron chi connectivity index (χ2n) is 8.01. The third-order valence-corrected chi connectivity index (χ3v) is 7.11. The van der Waals surface area contributed by atoms with E-state index in [1.807, 2.05) is 29.3 Å². The number of halogens is 3. The van der Waals surface area contributed by atoms with Gasteiger partial charge in [0.1, 0.15) is 11.6 Å². The summed E-state index contributed by atoms with van der Waals surface area (Å²) in [5.74, 6) is 0.431. The van der Waals surface area contributed by atoms with Crippen molar-refractivity contribution in [3.8, 4) is 5.75 Å². The maximum atomic E-state index is 14.8. The summed E-state index contributed by atoms with van der Waals surface area (Å²) in [7, 11) is 0. The van der Waals surface area contributed by atoms with Crippen LogP contribution in [0.1, 0.15) is 35.4 Å². The first-order valence-electron chi connectivity index (χ1n) is 10.3. The molecule has 6 heteroatoms. The minimum atomic E-state index is -0.649. The van der Waals surface area contributed by atoms with Crippen LogP contribution in [-0.2, 0) is 0 Å². The Morgan fingerprint density at radius 1 is 0.875 bits per heavy atom. The van der Waals surface area contributed by atoms with Gasteiger partial charge in [-0.2, -0.15) is 5.10 Å². The summed E-state index contributed by atoms with van der Waals surface area (Å²) in [5.41, 5.74) is 3.54. The molecule has 4 aromatic rings. The van der Waals surface area contributed by atoms with E-state index in [-0.39, 0.29) is 11.9 Å². The SMILES string of the molecule is Fc1ccccc1[C@H]1Oc2c(Br)cc(Br)cc2[C@@H]2CC(c3ccc4ccccc4c3)=NN12. The maximum absolute atomic E-state index is 14.8. The Kier molecular flexibility index (Phi) is 4.81. The lowest BCUT2D eigenvalue weighted by molar-refractivity contribution is -0.0218. The molecule has 32 heavy (non-hydrogen) atoms. The van der Waals surface area contributed by atoms with Gasteiger partial charge in [-0.3, -0.25) is 0 Å². The number of nitrogens with zero attached hydrogens (tertiary/aromatic N) is 2. The molecule has 0 radical (unpaired) electrons. The Hall–Kier alpha value is -2.70. The van der Waals surface area contributed by atoms with E-state index >= 15 is 0 Å². The van der Waals surface area contributed by atoms with Gasteiger partial charge in [-0.05, 0) is 56.5 Å². The fourth-order valence-electron chi connectivity index (χ4n) is 4.54. The normalized spacial score (nSPS) is 19.3. The smallest absolute Gasteiger partial charge is 0.216 e. The summed E-state index contributed by atoms with van der Waals surface area (Å²) in [6.45, 7) is 0. The van der Waals surface area contributed by atoms with E-state index < -0.39 is 6.23 Å². The number of hydrogen-bond donors (Lipinski definition) is 0. The predicted octanol–water partition coefficient (Wildman–Crippen LogP) is 7.75. The first-order chi connectivity index (χ1) is 15.6. The van der Waals surface area contributed by atoms with Crippen molar-refractivity contribution in [2.75, 3.05) is 0 Å². The minimum absolute atomic E-state index is 0.0568. The van der Waals surface area contributed by atoms with Crippen LogP contribution in [0.3, 0.4) is 0 Å². The van der Waals surface area contributed by atoms with Gasteiger partial charge in [-0.1, -0.05) is 70.5 Å². The summed E-state index contributed by atoms with van der Waals surface area (Å²) >= 11 is 7.23. The first kappa shape index (κ1) is 19.9. The van der Waals surface area contributed by atoms with E-state index in [0.29, 0.717) is 12.0 Å². The number of hydrogen-bond acceptors (Lipinski definition) is 3. The second kappa shape index (κ2) is 7.71. The molecule has 0 saturated heterocycles. The molecule has 0 aliphatic carbocycles. The summed E-state index contributed by atoms with van der Waals surface area (Å²) in [6.07, 6.45) is 0.0619. The second-order valence-corrected chi connectivity index (χ2v) is 9.78. The Bertz CT molecular complexity index is 1400. The van der Waals surface area contributed by atoms with Crippen molar-refractivity contribution in [3.05, 3.63) is 110 Å². The van der Waals surface area contributed by atoms with Crippen molar-refractivity contribution in [1.29, 1.82) is 0 Å². The molecule has 2 heterocycles. The monoisotopic (exact) mass is 550 g/mol. The van der Waals surface area contributed by atoms with Gasteiger partial charge < -0.3 is 4.74 Å². The van der Waals surface area contributed by atoms with E-state index in [2.05, 4.69) is 68.3 Å². The number of ether oxygens (including phenoxy) is 1. The molecular formula is C26H17Br2FN2O.